The summed E-state index contributed by atoms with van der Waals surface area (Å²) >= 11 is 3.26. The molecule has 0 aliphatic rings. The molecule has 12 nitrogen and oxygen atoms in total. The minimum absolute atomic E-state index is 0.0566. The molecule has 274 valence electrons. The Balaban J connectivity index is 0.000000154. The first-order valence-electron chi connectivity index (χ1n) is 16.8. The Morgan fingerprint density at radius 2 is 1.23 bits per heavy atom. The van der Waals surface area contributed by atoms with Gasteiger partial charge < -0.3 is 34.2 Å². The number of fused-ring (bicyclic) bond motifs is 6. The molecule has 0 saturated heterocycles. The summed E-state index contributed by atoms with van der Waals surface area (Å²) in [6, 6.07) is 30.3. The van der Waals surface area contributed by atoms with Gasteiger partial charge in [-0.05, 0) is 66.4 Å². The van der Waals surface area contributed by atoms with Crippen molar-refractivity contribution in [1.82, 2.24) is 39.3 Å². The molecule has 2 aromatic carbocycles. The van der Waals surface area contributed by atoms with Gasteiger partial charge in [0.05, 0.1) is 59.2 Å². The zero-order chi connectivity index (χ0) is 37.9. The van der Waals surface area contributed by atoms with Gasteiger partial charge in [-0.15, -0.1) is 0 Å². The van der Waals surface area contributed by atoms with E-state index in [2.05, 4.69) is 56.7 Å². The lowest BCUT2D eigenvalue weighted by atomic mass is 10.2. The number of pyridine rings is 4. The summed E-state index contributed by atoms with van der Waals surface area (Å²) in [6.45, 7) is 2.10. The highest BCUT2D eigenvalue weighted by molar-refractivity contribution is 9.10. The number of ether oxygens (including phenoxy) is 2. The summed E-state index contributed by atoms with van der Waals surface area (Å²) < 4.78 is 16.8. The zero-order valence-corrected chi connectivity index (χ0v) is 32.1. The fraction of sp³-hybridized carbons (Fsp3) is 0.200. The van der Waals surface area contributed by atoms with Crippen LogP contribution in [0.1, 0.15) is 0 Å². The van der Waals surface area contributed by atoms with Gasteiger partial charge in [0, 0.05) is 72.9 Å². The van der Waals surface area contributed by atoms with Crippen LogP contribution in [-0.4, -0.2) is 70.1 Å². The number of H-pyrrole nitrogens is 1. The molecule has 0 unspecified atom stereocenters. The quantitative estimate of drug-likeness (QED) is 0.171. The Bertz CT molecular complexity index is 2530. The number of rotatable bonds is 6. The summed E-state index contributed by atoms with van der Waals surface area (Å²) in [5, 5.41) is 8.14. The fourth-order valence-corrected chi connectivity index (χ4v) is 6.06. The summed E-state index contributed by atoms with van der Waals surface area (Å²) in [7, 11) is 11.1. The van der Waals surface area contributed by atoms with Crippen molar-refractivity contribution in [3.63, 3.8) is 0 Å². The third-order valence-corrected chi connectivity index (χ3v) is 8.94. The van der Waals surface area contributed by atoms with Gasteiger partial charge >= 0.3 is 0 Å². The third-order valence-electron chi connectivity index (χ3n) is 8.47. The van der Waals surface area contributed by atoms with Crippen LogP contribution < -0.4 is 31.2 Å². The van der Waals surface area contributed by atoms with Gasteiger partial charge in [-0.2, -0.15) is 0 Å². The van der Waals surface area contributed by atoms with Crippen molar-refractivity contribution in [3.05, 3.63) is 135 Å². The number of nitrogens with zero attached hydrogens (tertiary/aromatic N) is 5. The van der Waals surface area contributed by atoms with E-state index in [-0.39, 0.29) is 11.1 Å². The van der Waals surface area contributed by atoms with Crippen molar-refractivity contribution in [2.24, 2.45) is 14.1 Å². The number of likely N-dealkylation sites (N-methyl/N-ethyl adjacent to an activating group) is 2. The zero-order valence-electron chi connectivity index (χ0n) is 30.6. The molecule has 0 bridgehead atoms. The molecule has 0 aliphatic carbocycles. The average molecular weight is 780 g/mol. The van der Waals surface area contributed by atoms with E-state index < -0.39 is 0 Å². The van der Waals surface area contributed by atoms with Crippen LogP contribution in [-0.2, 0) is 14.1 Å². The normalized spacial score (nSPS) is 10.6. The molecule has 0 amide bonds. The second-order valence-corrected chi connectivity index (χ2v) is 12.7. The van der Waals surface area contributed by atoms with Crippen molar-refractivity contribution in [2.75, 3.05) is 41.4 Å². The van der Waals surface area contributed by atoms with Gasteiger partial charge in [0.1, 0.15) is 0 Å². The number of hydrogen-bond acceptors (Lipinski definition) is 8. The molecule has 6 aromatic heterocycles. The van der Waals surface area contributed by atoms with Gasteiger partial charge in [-0.3, -0.25) is 14.2 Å². The molecule has 53 heavy (non-hydrogen) atoms. The van der Waals surface area contributed by atoms with E-state index in [9.17, 15) is 9.59 Å². The van der Waals surface area contributed by atoms with Crippen molar-refractivity contribution < 1.29 is 9.47 Å². The summed E-state index contributed by atoms with van der Waals surface area (Å²) in [6.07, 6.45) is 3.35. The van der Waals surface area contributed by atoms with Crippen LogP contribution in [0.15, 0.2) is 124 Å². The smallest absolute Gasteiger partial charge is 0.255 e. The van der Waals surface area contributed by atoms with Crippen LogP contribution in [0.2, 0.25) is 0 Å². The standard InChI is InChI=1S/C18H15N3O2.C12H10N2O.C6H6BrNO.C4H12N2/c1-20-14-6-4-3-5-13(14)18-15(20)8-10-17(22)21(18)12-7-9-16(23-2)19-11-12;1-14-9-5-3-2-4-8(9)12-10(14)6-7-11(15)13-12;1-9-6-3-2-5(7)4-8-6;1-5-3-4-6-2/h3-11H,1-2H3;2-7H,1H3,(H,13,15);2-4H,1H3;5-6H,3-4H2,1-2H3. The van der Waals surface area contributed by atoms with Crippen LogP contribution in [0.5, 0.6) is 11.8 Å². The number of hydrogen-bond donors (Lipinski definition) is 3. The number of methoxy groups -OCH3 is 2. The number of para-hydroxylation sites is 2. The van der Waals surface area contributed by atoms with E-state index in [1.807, 2.05) is 94.9 Å². The Hall–Kier alpha value is -5.76. The Morgan fingerprint density at radius 3 is 1.81 bits per heavy atom. The van der Waals surface area contributed by atoms with Crippen molar-refractivity contribution in [2.45, 2.75) is 0 Å². The molecule has 0 saturated carbocycles. The number of aromatic amines is 1. The molecule has 0 spiro atoms. The van der Waals surface area contributed by atoms with Crippen molar-refractivity contribution in [3.8, 4) is 17.4 Å². The number of aromatic nitrogens is 6. The second kappa shape index (κ2) is 18.1. The molecular formula is C40H43BrN8O4. The van der Waals surface area contributed by atoms with Crippen LogP contribution in [0.25, 0.3) is 49.6 Å². The number of halogens is 1. The molecule has 8 rings (SSSR count). The van der Waals surface area contributed by atoms with Gasteiger partial charge in [0.25, 0.3) is 5.56 Å². The highest BCUT2D eigenvalue weighted by atomic mass is 79.9. The van der Waals surface area contributed by atoms with Crippen molar-refractivity contribution in [1.29, 1.82) is 0 Å². The monoisotopic (exact) mass is 778 g/mol. The minimum atomic E-state index is -0.0826. The lowest BCUT2D eigenvalue weighted by molar-refractivity contribution is 0.397. The third kappa shape index (κ3) is 8.83. The topological polar surface area (TPSA) is 133 Å². The lowest BCUT2D eigenvalue weighted by Gasteiger charge is -2.08. The maximum Gasteiger partial charge on any atom is 0.255 e. The van der Waals surface area contributed by atoms with E-state index in [4.69, 9.17) is 9.47 Å². The van der Waals surface area contributed by atoms with Crippen LogP contribution in [0, 0.1) is 0 Å². The van der Waals surface area contributed by atoms with E-state index in [0.717, 1.165) is 67.1 Å². The molecule has 0 atom stereocenters. The Kier molecular flexibility index (Phi) is 13.2. The molecule has 8 aromatic rings. The molecule has 0 aliphatic heterocycles. The number of aryl methyl sites for hydroxylation is 2. The van der Waals surface area contributed by atoms with E-state index in [1.165, 1.54) is 0 Å². The summed E-state index contributed by atoms with van der Waals surface area (Å²) in [5.74, 6) is 1.16. The summed E-state index contributed by atoms with van der Waals surface area (Å²) in [4.78, 5) is 34.8. The number of nitrogens with one attached hydrogen (secondary N) is 3. The fourth-order valence-electron chi connectivity index (χ4n) is 5.83. The first-order valence-corrected chi connectivity index (χ1v) is 17.6. The van der Waals surface area contributed by atoms with Crippen LogP contribution in [0.3, 0.4) is 0 Å². The van der Waals surface area contributed by atoms with Crippen LogP contribution >= 0.6 is 15.9 Å². The molecule has 6 heterocycles. The lowest BCUT2D eigenvalue weighted by Crippen LogP contribution is -2.21. The van der Waals surface area contributed by atoms with Gasteiger partial charge in [0.2, 0.25) is 17.3 Å². The minimum Gasteiger partial charge on any atom is -0.481 e. The second-order valence-electron chi connectivity index (χ2n) is 11.8. The molecule has 3 N–H and O–H groups in total. The largest absolute Gasteiger partial charge is 0.481 e. The molecule has 13 heteroatoms. The summed E-state index contributed by atoms with van der Waals surface area (Å²) in [5.41, 5.74) is 6.66. The Morgan fingerprint density at radius 1 is 0.660 bits per heavy atom. The molecule has 0 radical (unpaired) electrons. The first kappa shape index (κ1) is 38.5. The van der Waals surface area contributed by atoms with E-state index in [0.29, 0.717) is 11.8 Å². The average Bonchev–Trinajstić information content (AvgIpc) is 3.64. The predicted octanol–water partition coefficient (Wildman–Crippen LogP) is 6.18. The molecule has 0 fully saturated rings. The van der Waals surface area contributed by atoms with Gasteiger partial charge in [-0.1, -0.05) is 36.4 Å². The predicted molar refractivity (Wildman–Crippen MR) is 218 cm³/mol. The Labute approximate surface area is 315 Å². The maximum absolute atomic E-state index is 12.5. The van der Waals surface area contributed by atoms with E-state index >= 15 is 0 Å². The molecular weight excluding hydrogens is 736 g/mol. The van der Waals surface area contributed by atoms with Gasteiger partial charge in [-0.25, -0.2) is 9.97 Å². The van der Waals surface area contributed by atoms with E-state index in [1.54, 1.807) is 55.4 Å². The maximum atomic E-state index is 12.5. The highest BCUT2D eigenvalue weighted by Gasteiger charge is 2.14. The van der Waals surface area contributed by atoms with Gasteiger partial charge in [0.15, 0.2) is 0 Å². The van der Waals surface area contributed by atoms with Crippen LogP contribution in [0.4, 0.5) is 0 Å². The van der Waals surface area contributed by atoms with Crippen molar-refractivity contribution >= 4 is 59.8 Å². The SMILES string of the molecule is CNCCNC.COc1ccc(-n2c(=O)ccc3c2c2ccccc2n3C)cn1.COc1ccc(Br)cn1.Cn1c2ccccc2c2[nH]c(=O)ccc21. The number of benzene rings is 2. The highest BCUT2D eigenvalue weighted by Crippen LogP contribution is 2.29. The first-order chi connectivity index (χ1) is 25.7.